The third-order valence-corrected chi connectivity index (χ3v) is 4.29. The Bertz CT molecular complexity index is 883. The van der Waals surface area contributed by atoms with Crippen LogP contribution in [-0.2, 0) is 11.3 Å². The fourth-order valence-corrected chi connectivity index (χ4v) is 2.72. The summed E-state index contributed by atoms with van der Waals surface area (Å²) in [6.07, 6.45) is 0. The maximum Gasteiger partial charge on any atom is 0.252 e. The Morgan fingerprint density at radius 2 is 1.79 bits per heavy atom. The van der Waals surface area contributed by atoms with Gasteiger partial charge in [-0.15, -0.1) is 0 Å². The van der Waals surface area contributed by atoms with Crippen molar-refractivity contribution in [3.63, 3.8) is 0 Å². The number of hydrogen-bond acceptors (Lipinski definition) is 6. The van der Waals surface area contributed by atoms with Crippen molar-refractivity contribution in [2.45, 2.75) is 19.5 Å². The molecule has 8 heteroatoms. The maximum atomic E-state index is 12.4. The van der Waals surface area contributed by atoms with Gasteiger partial charge >= 0.3 is 0 Å². The fourth-order valence-electron chi connectivity index (χ4n) is 2.72. The lowest BCUT2D eigenvalue weighted by Crippen LogP contribution is -2.44. The quantitative estimate of drug-likeness (QED) is 0.754. The number of rotatable bonds is 7. The van der Waals surface area contributed by atoms with Crippen LogP contribution in [0.1, 0.15) is 22.8 Å². The third-order valence-electron chi connectivity index (χ3n) is 4.29. The van der Waals surface area contributed by atoms with E-state index >= 15 is 0 Å². The van der Waals surface area contributed by atoms with Gasteiger partial charge in [-0.1, -0.05) is 6.07 Å². The van der Waals surface area contributed by atoms with Crippen molar-refractivity contribution < 1.29 is 28.5 Å². The molecule has 1 atom stereocenters. The second-order valence-electron chi connectivity index (χ2n) is 6.17. The summed E-state index contributed by atoms with van der Waals surface area (Å²) in [5, 5.41) is 5.46. The minimum atomic E-state index is -0.713. The van der Waals surface area contributed by atoms with Gasteiger partial charge in [-0.3, -0.25) is 9.59 Å². The van der Waals surface area contributed by atoms with Crippen LogP contribution in [0.4, 0.5) is 0 Å². The summed E-state index contributed by atoms with van der Waals surface area (Å²) in [6.45, 7) is 2.13. The van der Waals surface area contributed by atoms with Crippen molar-refractivity contribution in [2.75, 3.05) is 21.0 Å². The van der Waals surface area contributed by atoms with E-state index in [-0.39, 0.29) is 18.6 Å². The molecule has 2 N–H and O–H groups in total. The fraction of sp³-hybridized carbons (Fsp3) is 0.300. The number of amides is 2. The number of benzene rings is 2. The topological polar surface area (TPSA) is 95.1 Å². The SMILES string of the molecule is COc1ccc(C(=O)N[C@H](C)C(=O)NCc2ccc3c(c2)OCO3)cc1OC. The summed E-state index contributed by atoms with van der Waals surface area (Å²) in [6, 6.07) is 9.55. The van der Waals surface area contributed by atoms with Gasteiger partial charge in [-0.25, -0.2) is 0 Å². The van der Waals surface area contributed by atoms with Crippen LogP contribution in [0.25, 0.3) is 0 Å². The molecule has 3 rings (SSSR count). The Balaban J connectivity index is 1.55. The van der Waals surface area contributed by atoms with E-state index in [4.69, 9.17) is 18.9 Å². The highest BCUT2D eigenvalue weighted by Crippen LogP contribution is 2.32. The normalized spacial score (nSPS) is 12.8. The van der Waals surface area contributed by atoms with Gasteiger partial charge in [0.15, 0.2) is 23.0 Å². The van der Waals surface area contributed by atoms with E-state index in [1.807, 2.05) is 12.1 Å². The molecule has 2 aromatic carbocycles. The molecule has 0 saturated heterocycles. The number of hydrogen-bond donors (Lipinski definition) is 2. The summed E-state index contributed by atoms with van der Waals surface area (Å²) in [5.41, 5.74) is 1.24. The van der Waals surface area contributed by atoms with Gasteiger partial charge in [-0.05, 0) is 42.8 Å². The average molecular weight is 386 g/mol. The van der Waals surface area contributed by atoms with E-state index in [0.29, 0.717) is 35.1 Å². The highest BCUT2D eigenvalue weighted by molar-refractivity contribution is 5.97. The van der Waals surface area contributed by atoms with E-state index < -0.39 is 6.04 Å². The molecule has 2 amide bonds. The van der Waals surface area contributed by atoms with E-state index in [0.717, 1.165) is 5.56 Å². The Labute approximate surface area is 162 Å². The zero-order chi connectivity index (χ0) is 20.1. The van der Waals surface area contributed by atoms with Crippen LogP contribution in [0, 0.1) is 0 Å². The molecule has 0 bridgehead atoms. The van der Waals surface area contributed by atoms with Crippen LogP contribution < -0.4 is 29.6 Å². The Morgan fingerprint density at radius 1 is 1.04 bits per heavy atom. The monoisotopic (exact) mass is 386 g/mol. The number of carbonyl (C=O) groups is 2. The van der Waals surface area contributed by atoms with Gasteiger partial charge in [-0.2, -0.15) is 0 Å². The summed E-state index contributed by atoms with van der Waals surface area (Å²) >= 11 is 0. The van der Waals surface area contributed by atoms with Gasteiger partial charge in [0.1, 0.15) is 6.04 Å². The minimum absolute atomic E-state index is 0.199. The zero-order valence-electron chi connectivity index (χ0n) is 15.9. The van der Waals surface area contributed by atoms with Gasteiger partial charge in [0.25, 0.3) is 5.91 Å². The Morgan fingerprint density at radius 3 is 2.54 bits per heavy atom. The predicted octanol–water partition coefficient (Wildman–Crippen LogP) is 1.87. The van der Waals surface area contributed by atoms with E-state index in [9.17, 15) is 9.59 Å². The van der Waals surface area contributed by atoms with Gasteiger partial charge in [0, 0.05) is 12.1 Å². The van der Waals surface area contributed by atoms with Crippen LogP contribution in [0.3, 0.4) is 0 Å². The smallest absolute Gasteiger partial charge is 0.252 e. The van der Waals surface area contributed by atoms with E-state index in [1.165, 1.54) is 14.2 Å². The van der Waals surface area contributed by atoms with Crippen LogP contribution >= 0.6 is 0 Å². The van der Waals surface area contributed by atoms with Crippen molar-refractivity contribution in [1.82, 2.24) is 10.6 Å². The van der Waals surface area contributed by atoms with E-state index in [2.05, 4.69) is 10.6 Å². The lowest BCUT2D eigenvalue weighted by molar-refractivity contribution is -0.122. The third kappa shape index (κ3) is 4.28. The molecule has 148 valence electrons. The number of fused-ring (bicyclic) bond motifs is 1. The first-order valence-corrected chi connectivity index (χ1v) is 8.71. The Kier molecular flexibility index (Phi) is 5.88. The zero-order valence-corrected chi connectivity index (χ0v) is 15.9. The van der Waals surface area contributed by atoms with Crippen LogP contribution in [0.5, 0.6) is 23.0 Å². The summed E-state index contributed by atoms with van der Waals surface area (Å²) in [5.74, 6) is 1.62. The number of carbonyl (C=O) groups excluding carboxylic acids is 2. The molecule has 1 heterocycles. The maximum absolute atomic E-state index is 12.4. The van der Waals surface area contributed by atoms with E-state index in [1.54, 1.807) is 31.2 Å². The van der Waals surface area contributed by atoms with Crippen molar-refractivity contribution in [1.29, 1.82) is 0 Å². The molecule has 0 aliphatic carbocycles. The highest BCUT2D eigenvalue weighted by Gasteiger charge is 2.18. The average Bonchev–Trinajstić information content (AvgIpc) is 3.19. The molecule has 0 radical (unpaired) electrons. The van der Waals surface area contributed by atoms with Crippen LogP contribution in [0.2, 0.25) is 0 Å². The van der Waals surface area contributed by atoms with Crippen molar-refractivity contribution in [3.05, 3.63) is 47.5 Å². The molecule has 0 saturated carbocycles. The Hall–Kier alpha value is -3.42. The summed E-state index contributed by atoms with van der Waals surface area (Å²) < 4.78 is 20.9. The summed E-state index contributed by atoms with van der Waals surface area (Å²) in [7, 11) is 3.01. The van der Waals surface area contributed by atoms with Crippen LogP contribution in [0.15, 0.2) is 36.4 Å². The molecular weight excluding hydrogens is 364 g/mol. The first-order chi connectivity index (χ1) is 13.5. The van der Waals surface area contributed by atoms with Gasteiger partial charge in [0.05, 0.1) is 14.2 Å². The molecule has 0 spiro atoms. The highest BCUT2D eigenvalue weighted by atomic mass is 16.7. The standard InChI is InChI=1S/C20H22N2O6/c1-12(22-20(24)14-5-7-15(25-2)17(9-14)26-3)19(23)21-10-13-4-6-16-18(8-13)28-11-27-16/h4-9,12H,10-11H2,1-3H3,(H,21,23)(H,22,24)/t12-/m1/s1. The minimum Gasteiger partial charge on any atom is -0.493 e. The molecule has 0 fully saturated rings. The lowest BCUT2D eigenvalue weighted by atomic mass is 10.1. The molecular formula is C20H22N2O6. The van der Waals surface area contributed by atoms with Crippen molar-refractivity contribution in [3.8, 4) is 23.0 Å². The second-order valence-corrected chi connectivity index (χ2v) is 6.17. The molecule has 0 aromatic heterocycles. The van der Waals surface area contributed by atoms with Gasteiger partial charge in [0.2, 0.25) is 12.7 Å². The first kappa shape index (κ1) is 19.3. The number of ether oxygens (including phenoxy) is 4. The summed E-state index contributed by atoms with van der Waals surface area (Å²) in [4.78, 5) is 24.7. The molecule has 0 unspecified atom stereocenters. The molecule has 28 heavy (non-hydrogen) atoms. The van der Waals surface area contributed by atoms with Crippen LogP contribution in [-0.4, -0.2) is 38.9 Å². The van der Waals surface area contributed by atoms with Crippen molar-refractivity contribution >= 4 is 11.8 Å². The van der Waals surface area contributed by atoms with Gasteiger partial charge < -0.3 is 29.6 Å². The first-order valence-electron chi connectivity index (χ1n) is 8.71. The number of nitrogens with one attached hydrogen (secondary N) is 2. The second kappa shape index (κ2) is 8.51. The lowest BCUT2D eigenvalue weighted by Gasteiger charge is -2.15. The molecule has 2 aromatic rings. The molecule has 1 aliphatic heterocycles. The predicted molar refractivity (Wildman–Crippen MR) is 101 cm³/mol. The van der Waals surface area contributed by atoms with Crippen molar-refractivity contribution in [2.24, 2.45) is 0 Å². The molecule has 8 nitrogen and oxygen atoms in total. The molecule has 1 aliphatic rings. The largest absolute Gasteiger partial charge is 0.493 e. The number of methoxy groups -OCH3 is 2.